The molecule has 0 aliphatic carbocycles. The van der Waals surface area contributed by atoms with Crippen LogP contribution in [0.25, 0.3) is 17.2 Å². The Kier molecular flexibility index (Phi) is 6.80. The van der Waals surface area contributed by atoms with Crippen LogP contribution in [0, 0.1) is 5.92 Å². The molecule has 0 amide bonds. The Bertz CT molecular complexity index is 1200. The normalized spacial score (nSPS) is 12.1. The molecule has 0 aliphatic heterocycles. The van der Waals surface area contributed by atoms with Crippen LogP contribution in [-0.2, 0) is 25.6 Å². The summed E-state index contributed by atoms with van der Waals surface area (Å²) in [4.78, 5) is 4.72. The summed E-state index contributed by atoms with van der Waals surface area (Å²) in [5.41, 5.74) is 0.664. The maximum absolute atomic E-state index is 13.7. The Morgan fingerprint density at radius 3 is 2.44 bits per heavy atom. The number of halogens is 3. The van der Waals surface area contributed by atoms with Crippen LogP contribution in [0.1, 0.15) is 56.5 Å². The summed E-state index contributed by atoms with van der Waals surface area (Å²) in [6.45, 7) is 6.89. The van der Waals surface area contributed by atoms with Gasteiger partial charge < -0.3 is 4.57 Å². The second kappa shape index (κ2) is 9.78. The molecular weight excluding hydrogens is 445 g/mol. The number of hydrogen-bond donors (Lipinski definition) is 1. The number of nitrogens with one attached hydrogen (secondary N) is 1. The summed E-state index contributed by atoms with van der Waals surface area (Å²) in [5, 5.41) is 18.1. The third-order valence-electron chi connectivity index (χ3n) is 5.41. The molecule has 0 fully saturated rings. The van der Waals surface area contributed by atoms with Crippen molar-refractivity contribution < 1.29 is 13.2 Å². The highest BCUT2D eigenvalue weighted by atomic mass is 19.4. The molecule has 0 saturated carbocycles. The van der Waals surface area contributed by atoms with Gasteiger partial charge in [0.25, 0.3) is 0 Å². The van der Waals surface area contributed by atoms with Gasteiger partial charge in [-0.1, -0.05) is 39.3 Å². The largest absolute Gasteiger partial charge is 0.431 e. The van der Waals surface area contributed by atoms with Gasteiger partial charge in [0.05, 0.1) is 12.2 Å². The number of rotatable bonds is 9. The van der Waals surface area contributed by atoms with Crippen molar-refractivity contribution in [3.8, 4) is 17.2 Å². The van der Waals surface area contributed by atoms with Crippen molar-refractivity contribution in [3.63, 3.8) is 0 Å². The molecule has 0 unspecified atom stereocenters. The van der Waals surface area contributed by atoms with Crippen LogP contribution in [0.4, 0.5) is 13.2 Å². The van der Waals surface area contributed by atoms with Crippen molar-refractivity contribution in [2.24, 2.45) is 5.92 Å². The molecule has 180 valence electrons. The third-order valence-corrected chi connectivity index (χ3v) is 5.41. The molecule has 0 aliphatic rings. The monoisotopic (exact) mass is 472 g/mol. The van der Waals surface area contributed by atoms with Crippen molar-refractivity contribution in [3.05, 3.63) is 59.3 Å². The van der Waals surface area contributed by atoms with Gasteiger partial charge in [-0.25, -0.2) is 9.67 Å². The Morgan fingerprint density at radius 1 is 1.06 bits per heavy atom. The van der Waals surface area contributed by atoms with E-state index in [1.165, 1.54) is 6.07 Å². The number of aromatic nitrogens is 8. The summed E-state index contributed by atoms with van der Waals surface area (Å²) < 4.78 is 44.1. The summed E-state index contributed by atoms with van der Waals surface area (Å²) in [6.07, 6.45) is -0.820. The van der Waals surface area contributed by atoms with E-state index in [4.69, 9.17) is 4.98 Å². The van der Waals surface area contributed by atoms with Gasteiger partial charge in [0.1, 0.15) is 11.5 Å². The van der Waals surface area contributed by atoms with Crippen molar-refractivity contribution in [1.82, 2.24) is 40.0 Å². The average molecular weight is 473 g/mol. The highest BCUT2D eigenvalue weighted by molar-refractivity contribution is 5.57. The van der Waals surface area contributed by atoms with E-state index < -0.39 is 11.9 Å². The van der Waals surface area contributed by atoms with E-state index in [9.17, 15) is 13.2 Å². The number of aromatic amines is 1. The fourth-order valence-corrected chi connectivity index (χ4v) is 3.83. The zero-order valence-corrected chi connectivity index (χ0v) is 19.3. The topological polar surface area (TPSA) is 90.1 Å². The van der Waals surface area contributed by atoms with Gasteiger partial charge in [-0.2, -0.15) is 23.5 Å². The maximum Gasteiger partial charge on any atom is 0.431 e. The number of unbranched alkanes of at least 4 members (excludes halogenated alkanes) is 1. The van der Waals surface area contributed by atoms with E-state index in [-0.39, 0.29) is 11.5 Å². The lowest BCUT2D eigenvalue weighted by Gasteiger charge is -2.15. The number of hydrogen-bond acceptors (Lipinski definition) is 5. The van der Waals surface area contributed by atoms with E-state index >= 15 is 0 Å². The Morgan fingerprint density at radius 2 is 1.82 bits per heavy atom. The van der Waals surface area contributed by atoms with Gasteiger partial charge in [-0.3, -0.25) is 0 Å². The lowest BCUT2D eigenvalue weighted by atomic mass is 10.1. The Labute approximate surface area is 195 Å². The van der Waals surface area contributed by atoms with E-state index in [1.807, 2.05) is 16.8 Å². The van der Waals surface area contributed by atoms with E-state index in [1.54, 1.807) is 12.1 Å². The number of alkyl halides is 3. The molecule has 0 atom stereocenters. The van der Waals surface area contributed by atoms with E-state index in [0.29, 0.717) is 18.2 Å². The van der Waals surface area contributed by atoms with Crippen molar-refractivity contribution in [2.75, 3.05) is 0 Å². The van der Waals surface area contributed by atoms with Crippen molar-refractivity contribution in [2.45, 2.75) is 59.2 Å². The first kappa shape index (κ1) is 23.7. The summed E-state index contributed by atoms with van der Waals surface area (Å²) >= 11 is 0. The van der Waals surface area contributed by atoms with Gasteiger partial charge in [-0.15, -0.1) is 10.2 Å². The highest BCUT2D eigenvalue weighted by Gasteiger charge is 2.36. The minimum absolute atomic E-state index is 0.0837. The van der Waals surface area contributed by atoms with Gasteiger partial charge in [0.15, 0.2) is 5.82 Å². The molecule has 4 rings (SSSR count). The molecule has 1 aromatic carbocycles. The van der Waals surface area contributed by atoms with Gasteiger partial charge in [0, 0.05) is 18.5 Å². The molecule has 11 heteroatoms. The average Bonchev–Trinajstić information content (AvgIpc) is 3.52. The Hall–Kier alpha value is -3.50. The maximum atomic E-state index is 13.7. The van der Waals surface area contributed by atoms with Crippen LogP contribution < -0.4 is 0 Å². The molecule has 0 saturated heterocycles. The number of tetrazole rings is 1. The second-order valence-electron chi connectivity index (χ2n) is 8.64. The lowest BCUT2D eigenvalue weighted by Crippen LogP contribution is -2.13. The van der Waals surface area contributed by atoms with Crippen LogP contribution >= 0.6 is 0 Å². The molecule has 4 aromatic rings. The SMILES string of the molecule is CCCCc1nc(CC(C)C)nn1Cc1ccc(-n2c(-c3nn[nH]n3)ccc2C(F)(F)F)cc1. The van der Waals surface area contributed by atoms with Crippen LogP contribution in [0.2, 0.25) is 0 Å². The van der Waals surface area contributed by atoms with E-state index in [2.05, 4.69) is 46.5 Å². The van der Waals surface area contributed by atoms with Crippen LogP contribution in [0.15, 0.2) is 36.4 Å². The lowest BCUT2D eigenvalue weighted by molar-refractivity contribution is -0.142. The molecule has 0 spiro atoms. The minimum Gasteiger partial charge on any atom is -0.302 e. The third kappa shape index (κ3) is 5.18. The summed E-state index contributed by atoms with van der Waals surface area (Å²) in [6, 6.07) is 9.29. The predicted octanol–water partition coefficient (Wildman–Crippen LogP) is 4.86. The van der Waals surface area contributed by atoms with Crippen molar-refractivity contribution in [1.29, 1.82) is 0 Å². The summed E-state index contributed by atoms with van der Waals surface area (Å²) in [7, 11) is 0. The first-order chi connectivity index (χ1) is 16.3. The van der Waals surface area contributed by atoms with Gasteiger partial charge in [-0.05, 0) is 47.4 Å². The number of nitrogens with zero attached hydrogens (tertiary/aromatic N) is 7. The van der Waals surface area contributed by atoms with Gasteiger partial charge >= 0.3 is 6.18 Å². The Balaban J connectivity index is 1.64. The molecule has 0 bridgehead atoms. The molecule has 3 heterocycles. The number of H-pyrrole nitrogens is 1. The molecular formula is C23H27F3N8. The van der Waals surface area contributed by atoms with E-state index in [0.717, 1.165) is 53.5 Å². The zero-order valence-electron chi connectivity index (χ0n) is 19.3. The highest BCUT2D eigenvalue weighted by Crippen LogP contribution is 2.35. The first-order valence-corrected chi connectivity index (χ1v) is 11.3. The molecule has 8 nitrogen and oxygen atoms in total. The predicted molar refractivity (Wildman–Crippen MR) is 120 cm³/mol. The molecule has 3 aromatic heterocycles. The fraction of sp³-hybridized carbons (Fsp3) is 0.435. The molecule has 1 N–H and O–H groups in total. The van der Waals surface area contributed by atoms with Crippen LogP contribution in [0.3, 0.4) is 0 Å². The fourth-order valence-electron chi connectivity index (χ4n) is 3.83. The number of benzene rings is 1. The van der Waals surface area contributed by atoms with Crippen molar-refractivity contribution >= 4 is 0 Å². The molecule has 0 radical (unpaired) electrons. The molecule has 34 heavy (non-hydrogen) atoms. The van der Waals surface area contributed by atoms with Gasteiger partial charge in [0.2, 0.25) is 5.82 Å². The second-order valence-corrected chi connectivity index (χ2v) is 8.64. The first-order valence-electron chi connectivity index (χ1n) is 11.3. The van der Waals surface area contributed by atoms with Crippen LogP contribution in [-0.4, -0.2) is 40.0 Å². The number of aryl methyl sites for hydroxylation is 1. The smallest absolute Gasteiger partial charge is 0.302 e. The van der Waals surface area contributed by atoms with Crippen LogP contribution in [0.5, 0.6) is 0 Å². The minimum atomic E-state index is -4.54. The quantitative estimate of drug-likeness (QED) is 0.376. The summed E-state index contributed by atoms with van der Waals surface area (Å²) in [5.74, 6) is 2.29. The standard InChI is InChI=1S/C23H27F3N8/c1-4-5-6-21-27-20(13-15(2)3)30-33(21)14-16-7-9-17(10-8-16)34-18(22-28-31-32-29-22)11-12-19(34)23(24,25)26/h7-12,15H,4-6,13-14H2,1-3H3,(H,28,29,31,32). The zero-order chi connectivity index (χ0) is 24.3.